The number of fused-ring (bicyclic) bond motifs is 1. The average Bonchev–Trinajstić information content (AvgIpc) is 3.11. The van der Waals surface area contributed by atoms with Crippen molar-refractivity contribution in [3.05, 3.63) is 48.0 Å². The molecule has 0 radical (unpaired) electrons. The Bertz CT molecular complexity index is 995. The number of ether oxygens (including phenoxy) is 2. The first-order valence-corrected chi connectivity index (χ1v) is 10.3. The highest BCUT2D eigenvalue weighted by Gasteiger charge is 2.15. The summed E-state index contributed by atoms with van der Waals surface area (Å²) >= 11 is 0. The van der Waals surface area contributed by atoms with Crippen LogP contribution in [-0.2, 0) is 17.8 Å². The fourth-order valence-corrected chi connectivity index (χ4v) is 3.52. The first-order chi connectivity index (χ1) is 14.6. The number of amides is 1. The maximum atomic E-state index is 12.8. The van der Waals surface area contributed by atoms with Gasteiger partial charge in [-0.05, 0) is 42.9 Å². The molecule has 160 valence electrons. The van der Waals surface area contributed by atoms with E-state index in [1.54, 1.807) is 20.3 Å². The van der Waals surface area contributed by atoms with Crippen molar-refractivity contribution in [2.75, 3.05) is 39.2 Å². The summed E-state index contributed by atoms with van der Waals surface area (Å²) in [7, 11) is 3.17. The Morgan fingerprint density at radius 1 is 1.07 bits per heavy atom. The number of rotatable bonds is 10. The van der Waals surface area contributed by atoms with Gasteiger partial charge in [0.2, 0.25) is 11.9 Å². The lowest BCUT2D eigenvalue weighted by molar-refractivity contribution is -0.115. The van der Waals surface area contributed by atoms with Gasteiger partial charge in [0, 0.05) is 13.1 Å². The molecule has 7 nitrogen and oxygen atoms in total. The van der Waals surface area contributed by atoms with Crippen molar-refractivity contribution >= 4 is 22.9 Å². The molecule has 0 unspecified atom stereocenters. The third-order valence-electron chi connectivity index (χ3n) is 5.25. The number of para-hydroxylation sites is 2. The Hall–Kier alpha value is -3.06. The molecule has 1 amide bonds. The fraction of sp³-hybridized carbons (Fsp3) is 0.391. The fourth-order valence-electron chi connectivity index (χ4n) is 3.52. The van der Waals surface area contributed by atoms with Crippen molar-refractivity contribution in [1.29, 1.82) is 0 Å². The minimum Gasteiger partial charge on any atom is -0.493 e. The van der Waals surface area contributed by atoms with Crippen molar-refractivity contribution in [1.82, 2.24) is 14.5 Å². The average molecular weight is 411 g/mol. The number of anilines is 1. The highest BCUT2D eigenvalue weighted by atomic mass is 16.5. The maximum absolute atomic E-state index is 12.8. The summed E-state index contributed by atoms with van der Waals surface area (Å²) in [5.74, 6) is 1.70. The number of hydrogen-bond donors (Lipinski definition) is 1. The molecule has 0 aliphatic rings. The van der Waals surface area contributed by atoms with Crippen LogP contribution in [0.1, 0.15) is 19.4 Å². The maximum Gasteiger partial charge on any atom is 0.231 e. The number of likely N-dealkylation sites (N-methyl/N-ethyl adjacent to an activating group) is 1. The molecular formula is C23H30N4O3. The van der Waals surface area contributed by atoms with Crippen molar-refractivity contribution in [2.45, 2.75) is 26.8 Å². The zero-order chi connectivity index (χ0) is 21.5. The summed E-state index contributed by atoms with van der Waals surface area (Å²) in [4.78, 5) is 19.8. The molecule has 1 aromatic heterocycles. The van der Waals surface area contributed by atoms with Gasteiger partial charge in [-0.2, -0.15) is 0 Å². The molecule has 7 heteroatoms. The molecule has 0 saturated carbocycles. The Morgan fingerprint density at radius 2 is 1.80 bits per heavy atom. The second-order valence-corrected chi connectivity index (χ2v) is 7.02. The third kappa shape index (κ3) is 4.91. The van der Waals surface area contributed by atoms with Gasteiger partial charge in [-0.15, -0.1) is 0 Å². The highest BCUT2D eigenvalue weighted by Crippen LogP contribution is 2.28. The first-order valence-electron chi connectivity index (χ1n) is 10.3. The molecule has 1 heterocycles. The van der Waals surface area contributed by atoms with Crippen LogP contribution in [0.4, 0.5) is 5.95 Å². The van der Waals surface area contributed by atoms with Crippen LogP contribution in [0.2, 0.25) is 0 Å². The van der Waals surface area contributed by atoms with E-state index in [0.717, 1.165) is 42.8 Å². The van der Waals surface area contributed by atoms with E-state index in [0.29, 0.717) is 17.4 Å². The van der Waals surface area contributed by atoms with Gasteiger partial charge in [-0.1, -0.05) is 32.0 Å². The number of hydrogen-bond acceptors (Lipinski definition) is 5. The number of methoxy groups -OCH3 is 2. The molecule has 30 heavy (non-hydrogen) atoms. The topological polar surface area (TPSA) is 68.6 Å². The molecule has 2 aromatic carbocycles. The monoisotopic (exact) mass is 410 g/mol. The molecule has 0 aliphatic heterocycles. The summed E-state index contributed by atoms with van der Waals surface area (Å²) in [6.07, 6.45) is 0.222. The zero-order valence-corrected chi connectivity index (χ0v) is 18.1. The van der Waals surface area contributed by atoms with Crippen molar-refractivity contribution in [3.63, 3.8) is 0 Å². The molecule has 3 aromatic rings. The predicted octanol–water partition coefficient (Wildman–Crippen LogP) is 3.58. The van der Waals surface area contributed by atoms with E-state index in [2.05, 4.69) is 33.6 Å². The molecule has 0 spiro atoms. The van der Waals surface area contributed by atoms with Crippen LogP contribution in [-0.4, -0.2) is 54.2 Å². The van der Waals surface area contributed by atoms with Crippen LogP contribution in [0.3, 0.4) is 0 Å². The van der Waals surface area contributed by atoms with Gasteiger partial charge in [0.15, 0.2) is 11.5 Å². The number of benzene rings is 2. The third-order valence-corrected chi connectivity index (χ3v) is 5.25. The summed E-state index contributed by atoms with van der Waals surface area (Å²) < 4.78 is 12.7. The lowest BCUT2D eigenvalue weighted by Gasteiger charge is -2.19. The van der Waals surface area contributed by atoms with Crippen LogP contribution in [0.25, 0.3) is 11.0 Å². The summed E-state index contributed by atoms with van der Waals surface area (Å²) in [5, 5.41) is 3.00. The molecule has 0 fully saturated rings. The lowest BCUT2D eigenvalue weighted by Crippen LogP contribution is -2.28. The number of carbonyl (C=O) groups excluding carboxylic acids is 1. The van der Waals surface area contributed by atoms with Gasteiger partial charge < -0.3 is 18.9 Å². The smallest absolute Gasteiger partial charge is 0.231 e. The minimum atomic E-state index is -0.124. The Kier molecular flexibility index (Phi) is 7.30. The Morgan fingerprint density at radius 3 is 2.50 bits per heavy atom. The largest absolute Gasteiger partial charge is 0.493 e. The molecule has 3 rings (SSSR count). The minimum absolute atomic E-state index is 0.124. The van der Waals surface area contributed by atoms with Crippen molar-refractivity contribution in [3.8, 4) is 11.5 Å². The molecule has 0 saturated heterocycles. The van der Waals surface area contributed by atoms with E-state index < -0.39 is 0 Å². The van der Waals surface area contributed by atoms with E-state index in [4.69, 9.17) is 9.47 Å². The van der Waals surface area contributed by atoms with E-state index in [1.807, 2.05) is 36.4 Å². The van der Waals surface area contributed by atoms with Crippen LogP contribution >= 0.6 is 0 Å². The number of aromatic nitrogens is 2. The number of carbonyl (C=O) groups is 1. The molecular weight excluding hydrogens is 380 g/mol. The number of imidazole rings is 1. The van der Waals surface area contributed by atoms with Crippen molar-refractivity contribution < 1.29 is 14.3 Å². The van der Waals surface area contributed by atoms with E-state index in [1.165, 1.54) is 0 Å². The summed E-state index contributed by atoms with van der Waals surface area (Å²) in [6, 6.07) is 13.4. The first kappa shape index (κ1) is 21.6. The van der Waals surface area contributed by atoms with Crippen molar-refractivity contribution in [2.24, 2.45) is 0 Å². The van der Waals surface area contributed by atoms with Gasteiger partial charge in [0.05, 0.1) is 31.7 Å². The second-order valence-electron chi connectivity index (χ2n) is 7.02. The Labute approximate surface area is 177 Å². The molecule has 0 atom stereocenters. The Balaban J connectivity index is 1.79. The number of nitrogens with zero attached hydrogens (tertiary/aromatic N) is 3. The molecule has 0 bridgehead atoms. The van der Waals surface area contributed by atoms with Gasteiger partial charge in [0.1, 0.15) is 0 Å². The van der Waals surface area contributed by atoms with Crippen LogP contribution in [0, 0.1) is 0 Å². The zero-order valence-electron chi connectivity index (χ0n) is 18.1. The summed E-state index contributed by atoms with van der Waals surface area (Å²) in [5.41, 5.74) is 2.74. The van der Waals surface area contributed by atoms with Gasteiger partial charge in [-0.25, -0.2) is 4.98 Å². The van der Waals surface area contributed by atoms with Crippen LogP contribution in [0.15, 0.2) is 42.5 Å². The van der Waals surface area contributed by atoms with E-state index in [-0.39, 0.29) is 12.3 Å². The molecule has 1 N–H and O–H groups in total. The van der Waals surface area contributed by atoms with E-state index >= 15 is 0 Å². The second kappa shape index (κ2) is 10.1. The number of nitrogens with one attached hydrogen (secondary N) is 1. The normalized spacial score (nSPS) is 11.1. The SMILES string of the molecule is CCN(CC)CCn1c(NC(=O)Cc2ccc(OC)c(OC)c2)nc2ccccc21. The van der Waals surface area contributed by atoms with Gasteiger partial charge in [0.25, 0.3) is 0 Å². The molecule has 0 aliphatic carbocycles. The van der Waals surface area contributed by atoms with E-state index in [9.17, 15) is 4.79 Å². The lowest BCUT2D eigenvalue weighted by atomic mass is 10.1. The highest BCUT2D eigenvalue weighted by molar-refractivity contribution is 5.93. The summed E-state index contributed by atoms with van der Waals surface area (Å²) in [6.45, 7) is 7.94. The van der Waals surface area contributed by atoms with Gasteiger partial charge in [-0.3, -0.25) is 10.1 Å². The van der Waals surface area contributed by atoms with Crippen LogP contribution in [0.5, 0.6) is 11.5 Å². The quantitative estimate of drug-likeness (QED) is 0.553. The predicted molar refractivity (Wildman–Crippen MR) is 119 cm³/mol. The van der Waals surface area contributed by atoms with Gasteiger partial charge >= 0.3 is 0 Å². The van der Waals surface area contributed by atoms with Crippen LogP contribution < -0.4 is 14.8 Å². The standard InChI is InChI=1S/C23H30N4O3/c1-5-26(6-2)13-14-27-19-10-8-7-9-18(19)24-23(27)25-22(28)16-17-11-12-20(29-3)21(15-17)30-4/h7-12,15H,5-6,13-14,16H2,1-4H3,(H,24,25,28).